The molecule has 0 aliphatic carbocycles. The van der Waals surface area contributed by atoms with E-state index in [2.05, 4.69) is 5.32 Å². The predicted molar refractivity (Wildman–Crippen MR) is 100 cm³/mol. The van der Waals surface area contributed by atoms with Gasteiger partial charge in [-0.2, -0.15) is 13.2 Å². The van der Waals surface area contributed by atoms with E-state index in [9.17, 15) is 28.1 Å². The first-order valence-electron chi connectivity index (χ1n) is 8.77. The number of hydrogen-bond acceptors (Lipinski definition) is 5. The zero-order chi connectivity index (χ0) is 21.2. The third kappa shape index (κ3) is 4.65. The van der Waals surface area contributed by atoms with Crippen LogP contribution in [0, 0.1) is 17.0 Å². The molecule has 154 valence electrons. The largest absolute Gasteiger partial charge is 0.416 e. The summed E-state index contributed by atoms with van der Waals surface area (Å²) in [5.74, 6) is -0.656. The molecule has 29 heavy (non-hydrogen) atoms. The van der Waals surface area contributed by atoms with Crippen LogP contribution in [0.15, 0.2) is 36.4 Å². The van der Waals surface area contributed by atoms with Gasteiger partial charge >= 0.3 is 6.18 Å². The third-order valence-electron chi connectivity index (χ3n) is 4.58. The lowest BCUT2D eigenvalue weighted by Crippen LogP contribution is -2.36. The Balaban J connectivity index is 1.94. The summed E-state index contributed by atoms with van der Waals surface area (Å²) in [4.78, 5) is 24.8. The Bertz CT molecular complexity index is 941. The van der Waals surface area contributed by atoms with Crippen molar-refractivity contribution in [2.45, 2.75) is 13.1 Å². The number of carbonyl (C=O) groups is 1. The summed E-state index contributed by atoms with van der Waals surface area (Å²) >= 11 is 0. The number of amides is 1. The number of nitro benzene ring substituents is 1. The van der Waals surface area contributed by atoms with Crippen molar-refractivity contribution in [2.75, 3.05) is 36.5 Å². The molecular weight excluding hydrogens is 391 g/mol. The van der Waals surface area contributed by atoms with Gasteiger partial charge in [0.15, 0.2) is 0 Å². The monoisotopic (exact) mass is 409 g/mol. The number of aryl methyl sites for hydroxylation is 1. The quantitative estimate of drug-likeness (QED) is 0.609. The summed E-state index contributed by atoms with van der Waals surface area (Å²) in [6, 6.07) is 6.97. The van der Waals surface area contributed by atoms with Gasteiger partial charge in [-0.25, -0.2) is 0 Å². The second-order valence-electron chi connectivity index (χ2n) is 6.54. The van der Waals surface area contributed by atoms with Gasteiger partial charge in [0.1, 0.15) is 0 Å². The standard InChI is InChI=1S/C19H18F3N3O4/c1-12-10-13(2-4-16(12)25(27)28)18(26)23-15-11-14(19(20,21)22)3-5-17(15)24-6-8-29-9-7-24/h2-5,10-11H,6-9H2,1H3,(H,23,26). The van der Waals surface area contributed by atoms with Gasteiger partial charge in [0.25, 0.3) is 11.6 Å². The second-order valence-corrected chi connectivity index (χ2v) is 6.54. The second kappa shape index (κ2) is 8.08. The lowest BCUT2D eigenvalue weighted by Gasteiger charge is -2.31. The highest BCUT2D eigenvalue weighted by atomic mass is 19.4. The minimum Gasteiger partial charge on any atom is -0.378 e. The normalized spacial score (nSPS) is 14.6. The summed E-state index contributed by atoms with van der Waals surface area (Å²) in [7, 11) is 0. The summed E-state index contributed by atoms with van der Waals surface area (Å²) in [5, 5.41) is 13.4. The van der Waals surface area contributed by atoms with Crippen LogP contribution in [0.2, 0.25) is 0 Å². The van der Waals surface area contributed by atoms with E-state index in [1.165, 1.54) is 31.2 Å². The van der Waals surface area contributed by atoms with Crippen molar-refractivity contribution >= 4 is 23.0 Å². The molecule has 1 aliphatic heterocycles. The molecule has 1 heterocycles. The molecule has 0 radical (unpaired) electrons. The predicted octanol–water partition coefficient (Wildman–Crippen LogP) is 4.01. The van der Waals surface area contributed by atoms with E-state index in [4.69, 9.17) is 4.74 Å². The minimum absolute atomic E-state index is 0.0164. The molecule has 0 spiro atoms. The van der Waals surface area contributed by atoms with E-state index in [1.807, 2.05) is 4.90 Å². The van der Waals surface area contributed by atoms with Crippen molar-refractivity contribution in [3.05, 3.63) is 63.2 Å². The van der Waals surface area contributed by atoms with Crippen LogP contribution in [0.3, 0.4) is 0 Å². The number of carbonyl (C=O) groups excluding carboxylic acids is 1. The van der Waals surface area contributed by atoms with E-state index in [-0.39, 0.29) is 22.5 Å². The fourth-order valence-electron chi connectivity index (χ4n) is 3.09. The molecule has 2 aromatic carbocycles. The Morgan fingerprint density at radius 3 is 2.45 bits per heavy atom. The highest BCUT2D eigenvalue weighted by Gasteiger charge is 2.32. The summed E-state index contributed by atoms with van der Waals surface area (Å²) < 4.78 is 44.8. The number of alkyl halides is 3. The van der Waals surface area contributed by atoms with E-state index in [0.29, 0.717) is 32.0 Å². The number of nitrogens with zero attached hydrogens (tertiary/aromatic N) is 2. The van der Waals surface area contributed by atoms with Crippen molar-refractivity contribution in [3.63, 3.8) is 0 Å². The Morgan fingerprint density at radius 2 is 1.86 bits per heavy atom. The van der Waals surface area contributed by atoms with Crippen molar-refractivity contribution < 1.29 is 27.6 Å². The first kappa shape index (κ1) is 20.6. The molecule has 0 unspecified atom stereocenters. The number of morpholine rings is 1. The fraction of sp³-hybridized carbons (Fsp3) is 0.316. The molecule has 7 nitrogen and oxygen atoms in total. The number of nitro groups is 1. The van der Waals surface area contributed by atoms with Crippen molar-refractivity contribution in [1.82, 2.24) is 0 Å². The zero-order valence-corrected chi connectivity index (χ0v) is 15.5. The molecule has 0 saturated carbocycles. The first-order valence-corrected chi connectivity index (χ1v) is 8.77. The van der Waals surface area contributed by atoms with Gasteiger partial charge in [0.2, 0.25) is 0 Å². The summed E-state index contributed by atoms with van der Waals surface area (Å²) in [5.41, 5.74) is -0.172. The molecule has 1 fully saturated rings. The third-order valence-corrected chi connectivity index (χ3v) is 4.58. The number of anilines is 2. The molecule has 0 bridgehead atoms. The molecule has 0 aromatic heterocycles. The van der Waals surface area contributed by atoms with Crippen LogP contribution < -0.4 is 10.2 Å². The maximum atomic E-state index is 13.2. The molecule has 1 aliphatic rings. The van der Waals surface area contributed by atoms with Gasteiger partial charge in [-0.3, -0.25) is 14.9 Å². The summed E-state index contributed by atoms with van der Waals surface area (Å²) in [6.07, 6.45) is -4.56. The van der Waals surface area contributed by atoms with Crippen LogP contribution >= 0.6 is 0 Å². The van der Waals surface area contributed by atoms with Gasteiger partial charge < -0.3 is 15.0 Å². The van der Waals surface area contributed by atoms with E-state index in [1.54, 1.807) is 0 Å². The fourth-order valence-corrected chi connectivity index (χ4v) is 3.09. The Labute approximate surface area is 164 Å². The van der Waals surface area contributed by atoms with Crippen molar-refractivity contribution in [3.8, 4) is 0 Å². The van der Waals surface area contributed by atoms with Crippen LogP contribution in [-0.4, -0.2) is 37.1 Å². The van der Waals surface area contributed by atoms with Crippen LogP contribution in [0.1, 0.15) is 21.5 Å². The van der Waals surface area contributed by atoms with Crippen molar-refractivity contribution in [1.29, 1.82) is 0 Å². The lowest BCUT2D eigenvalue weighted by atomic mass is 10.1. The number of ether oxygens (including phenoxy) is 1. The number of rotatable bonds is 4. The van der Waals surface area contributed by atoms with E-state index >= 15 is 0 Å². The molecule has 2 aromatic rings. The molecule has 10 heteroatoms. The van der Waals surface area contributed by atoms with Crippen LogP contribution in [0.4, 0.5) is 30.2 Å². The van der Waals surface area contributed by atoms with Gasteiger partial charge in [-0.05, 0) is 37.3 Å². The highest BCUT2D eigenvalue weighted by molar-refractivity contribution is 6.06. The highest BCUT2D eigenvalue weighted by Crippen LogP contribution is 2.36. The van der Waals surface area contributed by atoms with Gasteiger partial charge in [-0.1, -0.05) is 0 Å². The minimum atomic E-state index is -4.56. The maximum Gasteiger partial charge on any atom is 0.416 e. The van der Waals surface area contributed by atoms with Gasteiger partial charge in [0, 0.05) is 30.3 Å². The first-order chi connectivity index (χ1) is 13.7. The maximum absolute atomic E-state index is 13.2. The number of benzene rings is 2. The molecular formula is C19H18F3N3O4. The Hall–Kier alpha value is -3.14. The zero-order valence-electron chi connectivity index (χ0n) is 15.5. The molecule has 1 saturated heterocycles. The van der Waals surface area contributed by atoms with E-state index < -0.39 is 22.6 Å². The van der Waals surface area contributed by atoms with Gasteiger partial charge in [-0.15, -0.1) is 0 Å². The number of nitrogens with one attached hydrogen (secondary N) is 1. The number of hydrogen-bond donors (Lipinski definition) is 1. The SMILES string of the molecule is Cc1cc(C(=O)Nc2cc(C(F)(F)F)ccc2N2CCOCC2)ccc1[N+](=O)[O-]. The molecule has 1 N–H and O–H groups in total. The number of halogens is 3. The van der Waals surface area contributed by atoms with Crippen LogP contribution in [-0.2, 0) is 10.9 Å². The Kier molecular flexibility index (Phi) is 5.73. The Morgan fingerprint density at radius 1 is 1.17 bits per heavy atom. The lowest BCUT2D eigenvalue weighted by molar-refractivity contribution is -0.385. The van der Waals surface area contributed by atoms with Crippen molar-refractivity contribution in [2.24, 2.45) is 0 Å². The smallest absolute Gasteiger partial charge is 0.378 e. The average molecular weight is 409 g/mol. The van der Waals surface area contributed by atoms with Crippen LogP contribution in [0.5, 0.6) is 0 Å². The summed E-state index contributed by atoms with van der Waals surface area (Å²) in [6.45, 7) is 3.29. The van der Waals surface area contributed by atoms with Crippen LogP contribution in [0.25, 0.3) is 0 Å². The van der Waals surface area contributed by atoms with Gasteiger partial charge in [0.05, 0.1) is 35.1 Å². The molecule has 3 rings (SSSR count). The molecule has 1 amide bonds. The average Bonchev–Trinajstić information content (AvgIpc) is 2.67. The van der Waals surface area contributed by atoms with E-state index in [0.717, 1.165) is 12.1 Å². The molecule has 0 atom stereocenters. The topological polar surface area (TPSA) is 84.7 Å².